The number of hydrogen-bond acceptors (Lipinski definition) is 4. The molecule has 0 N–H and O–H groups in total. The van der Waals surface area contributed by atoms with Crippen molar-refractivity contribution < 1.29 is 4.79 Å². The minimum atomic E-state index is -0.326. The van der Waals surface area contributed by atoms with Gasteiger partial charge in [-0.15, -0.1) is 5.10 Å². The fraction of sp³-hybridized carbons (Fsp3) is 0.400. The van der Waals surface area contributed by atoms with E-state index in [4.69, 9.17) is 0 Å². The molecule has 3 aromatic rings. The third-order valence-corrected chi connectivity index (χ3v) is 5.23. The van der Waals surface area contributed by atoms with Crippen molar-refractivity contribution in [1.82, 2.24) is 24.1 Å². The Morgan fingerprint density at radius 1 is 1.19 bits per heavy atom. The van der Waals surface area contributed by atoms with Crippen LogP contribution in [0, 0.1) is 12.8 Å². The molecule has 0 bridgehead atoms. The Morgan fingerprint density at radius 3 is 2.59 bits per heavy atom. The van der Waals surface area contributed by atoms with Gasteiger partial charge in [-0.05, 0) is 25.7 Å². The molecule has 0 saturated carbocycles. The number of carbonyl (C=O) groups excluding carboxylic acids is 1. The lowest BCUT2D eigenvalue weighted by atomic mass is 9.99. The van der Waals surface area contributed by atoms with Crippen molar-refractivity contribution in [3.8, 4) is 11.3 Å². The van der Waals surface area contributed by atoms with Crippen molar-refractivity contribution in [2.24, 2.45) is 5.92 Å². The zero-order valence-corrected chi connectivity index (χ0v) is 15.6. The number of nitrogens with zero attached hydrogens (tertiary/aromatic N) is 5. The molecule has 0 atom stereocenters. The van der Waals surface area contributed by atoms with Gasteiger partial charge in [-0.25, -0.2) is 18.9 Å². The number of amides is 1. The molecule has 0 unspecified atom stereocenters. The van der Waals surface area contributed by atoms with E-state index < -0.39 is 0 Å². The van der Waals surface area contributed by atoms with Crippen LogP contribution in [0.15, 0.2) is 41.2 Å². The topological polar surface area (TPSA) is 72.5 Å². The van der Waals surface area contributed by atoms with Gasteiger partial charge in [0.05, 0.1) is 5.69 Å². The zero-order valence-electron chi connectivity index (χ0n) is 15.6. The summed E-state index contributed by atoms with van der Waals surface area (Å²) >= 11 is 0. The minimum absolute atomic E-state index is 0.0327. The maximum absolute atomic E-state index is 12.7. The molecule has 1 amide bonds. The number of carbonyl (C=O) groups is 1. The number of benzene rings is 1. The average Bonchev–Trinajstić information content (AvgIpc) is 2.99. The molecule has 7 heteroatoms. The van der Waals surface area contributed by atoms with E-state index in [9.17, 15) is 9.59 Å². The molecule has 1 fully saturated rings. The van der Waals surface area contributed by atoms with E-state index in [0.29, 0.717) is 17.4 Å². The van der Waals surface area contributed by atoms with Gasteiger partial charge in [0, 0.05) is 24.7 Å². The Balaban J connectivity index is 1.65. The maximum atomic E-state index is 12.7. The van der Waals surface area contributed by atoms with Crippen molar-refractivity contribution in [2.75, 3.05) is 13.1 Å². The second kappa shape index (κ2) is 6.98. The van der Waals surface area contributed by atoms with E-state index in [0.717, 1.165) is 37.2 Å². The highest BCUT2D eigenvalue weighted by molar-refractivity contribution is 5.76. The Hall–Kier alpha value is -2.96. The van der Waals surface area contributed by atoms with Crippen LogP contribution in [-0.4, -0.2) is 43.1 Å². The zero-order chi connectivity index (χ0) is 19.0. The van der Waals surface area contributed by atoms with Crippen LogP contribution in [0.3, 0.4) is 0 Å². The molecular weight excluding hydrogens is 342 g/mol. The molecule has 1 saturated heterocycles. The van der Waals surface area contributed by atoms with Crippen LogP contribution in [0.4, 0.5) is 0 Å². The van der Waals surface area contributed by atoms with E-state index in [1.807, 2.05) is 35.2 Å². The molecule has 27 heavy (non-hydrogen) atoms. The van der Waals surface area contributed by atoms with E-state index in [1.54, 1.807) is 13.0 Å². The molecule has 7 nitrogen and oxygen atoms in total. The number of fused-ring (bicyclic) bond motifs is 1. The monoisotopic (exact) mass is 365 g/mol. The van der Waals surface area contributed by atoms with Crippen LogP contribution >= 0.6 is 0 Å². The summed E-state index contributed by atoms with van der Waals surface area (Å²) in [5.41, 5.74) is 1.90. The molecule has 3 heterocycles. The highest BCUT2D eigenvalue weighted by atomic mass is 16.2. The number of aromatic nitrogens is 4. The summed E-state index contributed by atoms with van der Waals surface area (Å²) in [5, 5.41) is 4.39. The normalized spacial score (nSPS) is 15.4. The first-order valence-corrected chi connectivity index (χ1v) is 9.33. The summed E-state index contributed by atoms with van der Waals surface area (Å²) in [6.45, 7) is 5.45. The summed E-state index contributed by atoms with van der Waals surface area (Å²) in [7, 11) is 0. The van der Waals surface area contributed by atoms with Crippen molar-refractivity contribution in [3.05, 3.63) is 52.7 Å². The Bertz CT molecular complexity index is 1030. The molecule has 0 radical (unpaired) electrons. The third kappa shape index (κ3) is 3.37. The van der Waals surface area contributed by atoms with E-state index >= 15 is 0 Å². The Labute approximate surface area is 157 Å². The average molecular weight is 365 g/mol. The van der Waals surface area contributed by atoms with Crippen LogP contribution in [0.1, 0.15) is 25.6 Å². The van der Waals surface area contributed by atoms with Crippen LogP contribution in [0.25, 0.3) is 16.9 Å². The fourth-order valence-corrected chi connectivity index (χ4v) is 3.55. The summed E-state index contributed by atoms with van der Waals surface area (Å²) in [4.78, 5) is 31.7. The van der Waals surface area contributed by atoms with Crippen molar-refractivity contribution in [2.45, 2.75) is 33.2 Å². The Kier molecular flexibility index (Phi) is 4.51. The number of aryl methyl sites for hydroxylation is 1. The largest absolute Gasteiger partial charge is 0.352 e. The second-order valence-corrected chi connectivity index (χ2v) is 7.25. The quantitative estimate of drug-likeness (QED) is 0.713. The predicted octanol–water partition coefficient (Wildman–Crippen LogP) is 2.12. The van der Waals surface area contributed by atoms with Gasteiger partial charge in [0.25, 0.3) is 0 Å². The van der Waals surface area contributed by atoms with Gasteiger partial charge in [0.2, 0.25) is 5.91 Å². The summed E-state index contributed by atoms with van der Waals surface area (Å²) < 4.78 is 2.71. The lowest BCUT2D eigenvalue weighted by molar-refractivity contribution is -0.133. The predicted molar refractivity (Wildman–Crippen MR) is 102 cm³/mol. The van der Waals surface area contributed by atoms with Crippen LogP contribution < -0.4 is 5.69 Å². The number of hydrogen-bond donors (Lipinski definition) is 0. The van der Waals surface area contributed by atoms with E-state index in [-0.39, 0.29) is 18.1 Å². The van der Waals surface area contributed by atoms with Gasteiger partial charge in [-0.2, -0.15) is 0 Å². The highest BCUT2D eigenvalue weighted by Crippen LogP contribution is 2.18. The molecule has 2 aromatic heterocycles. The highest BCUT2D eigenvalue weighted by Gasteiger charge is 2.22. The lowest BCUT2D eigenvalue weighted by Crippen LogP contribution is -2.41. The summed E-state index contributed by atoms with van der Waals surface area (Å²) in [6, 6.07) is 11.6. The van der Waals surface area contributed by atoms with Gasteiger partial charge >= 0.3 is 5.69 Å². The third-order valence-electron chi connectivity index (χ3n) is 5.23. The molecule has 4 rings (SSSR count). The number of likely N-dealkylation sites (tertiary alicyclic amines) is 1. The van der Waals surface area contributed by atoms with E-state index in [1.165, 1.54) is 9.08 Å². The van der Waals surface area contributed by atoms with Gasteiger partial charge in [0.15, 0.2) is 5.65 Å². The lowest BCUT2D eigenvalue weighted by Gasteiger charge is -2.30. The molecule has 1 aliphatic rings. The Morgan fingerprint density at radius 2 is 1.89 bits per heavy atom. The smallest absolute Gasteiger partial charge is 0.341 e. The maximum Gasteiger partial charge on any atom is 0.352 e. The van der Waals surface area contributed by atoms with Gasteiger partial charge in [-0.3, -0.25) is 4.79 Å². The molecule has 140 valence electrons. The van der Waals surface area contributed by atoms with Crippen molar-refractivity contribution >= 4 is 11.6 Å². The van der Waals surface area contributed by atoms with Crippen LogP contribution in [0.2, 0.25) is 0 Å². The summed E-state index contributed by atoms with van der Waals surface area (Å²) in [6.07, 6.45) is 2.02. The first-order valence-electron chi connectivity index (χ1n) is 9.33. The van der Waals surface area contributed by atoms with Crippen LogP contribution in [0.5, 0.6) is 0 Å². The SMILES string of the molecule is Cc1nc(-c2ccccc2)cc2nn(CC(=O)N3CCC(C)CC3)c(=O)n12. The molecule has 0 spiro atoms. The van der Waals surface area contributed by atoms with E-state index in [2.05, 4.69) is 17.0 Å². The minimum Gasteiger partial charge on any atom is -0.341 e. The molecular formula is C20H23N5O2. The summed E-state index contributed by atoms with van der Waals surface area (Å²) in [5.74, 6) is 1.15. The standard InChI is InChI=1S/C20H23N5O2/c1-14-8-10-23(11-9-14)19(26)13-24-20(27)25-15(2)21-17(12-18(25)22-24)16-6-4-3-5-7-16/h3-7,12,14H,8-11,13H2,1-2H3. The second-order valence-electron chi connectivity index (χ2n) is 7.25. The van der Waals surface area contributed by atoms with Crippen LogP contribution in [-0.2, 0) is 11.3 Å². The molecule has 0 aliphatic carbocycles. The van der Waals surface area contributed by atoms with Gasteiger partial charge in [0.1, 0.15) is 12.4 Å². The van der Waals surface area contributed by atoms with Crippen molar-refractivity contribution in [3.63, 3.8) is 0 Å². The first kappa shape index (κ1) is 17.5. The fourth-order valence-electron chi connectivity index (χ4n) is 3.55. The van der Waals surface area contributed by atoms with Gasteiger partial charge in [-0.1, -0.05) is 37.3 Å². The number of piperidine rings is 1. The van der Waals surface area contributed by atoms with Crippen molar-refractivity contribution in [1.29, 1.82) is 0 Å². The first-order chi connectivity index (χ1) is 13.0. The molecule has 1 aliphatic heterocycles. The molecule has 1 aromatic carbocycles. The van der Waals surface area contributed by atoms with Gasteiger partial charge < -0.3 is 4.90 Å². The number of rotatable bonds is 3.